The topological polar surface area (TPSA) is 79.3 Å². The van der Waals surface area contributed by atoms with Gasteiger partial charge in [-0.2, -0.15) is 0 Å². The molecule has 0 saturated carbocycles. The molecule has 0 fully saturated rings. The van der Waals surface area contributed by atoms with Crippen LogP contribution >= 0.6 is 31.9 Å². The Bertz CT molecular complexity index is 1130. The third-order valence-corrected chi connectivity index (χ3v) is 5.57. The van der Waals surface area contributed by atoms with Crippen LogP contribution in [0.2, 0.25) is 0 Å². The van der Waals surface area contributed by atoms with Gasteiger partial charge in [-0.25, -0.2) is 0 Å². The van der Waals surface area contributed by atoms with Crippen LogP contribution in [0.15, 0.2) is 63.8 Å². The average molecular weight is 500 g/mol. The summed E-state index contributed by atoms with van der Waals surface area (Å²) in [5.74, 6) is -0.300. The summed E-state index contributed by atoms with van der Waals surface area (Å²) in [6.07, 6.45) is 4.85. The third-order valence-electron chi connectivity index (χ3n) is 4.36. The quantitative estimate of drug-likeness (QED) is 0.391. The van der Waals surface area contributed by atoms with Crippen molar-refractivity contribution in [1.82, 2.24) is 4.98 Å². The minimum Gasteiger partial charge on any atom is -0.506 e. The highest BCUT2D eigenvalue weighted by atomic mass is 79.9. The zero-order valence-electron chi connectivity index (χ0n) is 14.2. The standard InChI is InChI=1S/C21H12Br2N2O3/c22-16-8-11(9-17(23)20(16)27)7-15-14-10-13(1-2-18(14)25-21(15)28)19(26)12-3-5-24-6-4-12/h1-10,27H,(H,25,28)/b15-7-. The predicted molar refractivity (Wildman–Crippen MR) is 114 cm³/mol. The molecule has 2 heterocycles. The number of benzene rings is 2. The summed E-state index contributed by atoms with van der Waals surface area (Å²) in [5, 5.41) is 12.7. The van der Waals surface area contributed by atoms with E-state index in [0.717, 1.165) is 5.56 Å². The van der Waals surface area contributed by atoms with E-state index < -0.39 is 0 Å². The lowest BCUT2D eigenvalue weighted by atomic mass is 9.98. The molecule has 0 radical (unpaired) electrons. The highest BCUT2D eigenvalue weighted by Gasteiger charge is 2.25. The average Bonchev–Trinajstić information content (AvgIpc) is 3.00. The van der Waals surface area contributed by atoms with Gasteiger partial charge in [0.2, 0.25) is 0 Å². The molecule has 138 valence electrons. The fourth-order valence-corrected chi connectivity index (χ4v) is 4.20. The molecule has 0 atom stereocenters. The number of phenols is 1. The number of hydrogen-bond donors (Lipinski definition) is 2. The van der Waals surface area contributed by atoms with Crippen molar-refractivity contribution in [2.75, 3.05) is 5.32 Å². The zero-order chi connectivity index (χ0) is 19.8. The first kappa shape index (κ1) is 18.6. The summed E-state index contributed by atoms with van der Waals surface area (Å²) in [6.45, 7) is 0. The number of rotatable bonds is 3. The first-order chi connectivity index (χ1) is 13.4. The Morgan fingerprint density at radius 3 is 2.36 bits per heavy atom. The number of anilines is 1. The number of pyridine rings is 1. The number of amides is 1. The molecule has 7 heteroatoms. The van der Waals surface area contributed by atoms with E-state index in [-0.39, 0.29) is 17.4 Å². The Labute approximate surface area is 177 Å². The van der Waals surface area contributed by atoms with Gasteiger partial charge < -0.3 is 10.4 Å². The van der Waals surface area contributed by atoms with Crippen LogP contribution in [0.4, 0.5) is 5.69 Å². The van der Waals surface area contributed by atoms with E-state index in [0.29, 0.717) is 36.9 Å². The van der Waals surface area contributed by atoms with Gasteiger partial charge >= 0.3 is 0 Å². The van der Waals surface area contributed by atoms with Crippen LogP contribution in [0, 0.1) is 0 Å². The van der Waals surface area contributed by atoms with Crippen molar-refractivity contribution in [3.05, 3.63) is 86.1 Å². The maximum absolute atomic E-state index is 12.7. The van der Waals surface area contributed by atoms with Gasteiger partial charge in [-0.1, -0.05) is 0 Å². The summed E-state index contributed by atoms with van der Waals surface area (Å²) < 4.78 is 1.02. The van der Waals surface area contributed by atoms with Crippen molar-refractivity contribution < 1.29 is 14.7 Å². The fraction of sp³-hybridized carbons (Fsp3) is 0. The van der Waals surface area contributed by atoms with Gasteiger partial charge in [0.1, 0.15) is 5.75 Å². The van der Waals surface area contributed by atoms with Crippen molar-refractivity contribution in [2.45, 2.75) is 0 Å². The number of fused-ring (bicyclic) bond motifs is 1. The van der Waals surface area contributed by atoms with Gasteiger partial charge in [-0.15, -0.1) is 0 Å². The number of aromatic nitrogens is 1. The molecule has 1 aromatic heterocycles. The Morgan fingerprint density at radius 2 is 1.68 bits per heavy atom. The zero-order valence-corrected chi connectivity index (χ0v) is 17.4. The van der Waals surface area contributed by atoms with Crippen LogP contribution < -0.4 is 5.32 Å². The molecule has 0 spiro atoms. The molecule has 1 aliphatic heterocycles. The summed E-state index contributed by atoms with van der Waals surface area (Å²) >= 11 is 6.58. The number of carbonyl (C=O) groups excluding carboxylic acids is 2. The van der Waals surface area contributed by atoms with Crippen LogP contribution in [-0.2, 0) is 4.79 Å². The minimum absolute atomic E-state index is 0.0867. The first-order valence-electron chi connectivity index (χ1n) is 8.24. The number of nitrogens with zero attached hydrogens (tertiary/aromatic N) is 1. The molecule has 2 aromatic carbocycles. The summed E-state index contributed by atoms with van der Waals surface area (Å²) in [4.78, 5) is 29.1. The SMILES string of the molecule is O=C1Nc2ccc(C(=O)c3ccncc3)cc2/C1=C/c1cc(Br)c(O)c(Br)c1. The largest absolute Gasteiger partial charge is 0.506 e. The molecule has 0 bridgehead atoms. The molecule has 0 aliphatic carbocycles. The Morgan fingerprint density at radius 1 is 1.00 bits per heavy atom. The van der Waals surface area contributed by atoms with E-state index in [1.54, 1.807) is 60.9 Å². The molecule has 5 nitrogen and oxygen atoms in total. The predicted octanol–water partition coefficient (Wildman–Crippen LogP) is 5.04. The fourth-order valence-electron chi connectivity index (χ4n) is 2.98. The van der Waals surface area contributed by atoms with E-state index in [9.17, 15) is 14.7 Å². The summed E-state index contributed by atoms with van der Waals surface area (Å²) in [5.41, 5.74) is 3.50. The second-order valence-electron chi connectivity index (χ2n) is 6.17. The smallest absolute Gasteiger partial charge is 0.256 e. The Hall–Kier alpha value is -2.77. The van der Waals surface area contributed by atoms with Crippen LogP contribution in [-0.4, -0.2) is 21.8 Å². The Kier molecular flexibility index (Phi) is 4.87. The van der Waals surface area contributed by atoms with Gasteiger partial charge in [0.25, 0.3) is 5.91 Å². The van der Waals surface area contributed by atoms with Crippen molar-refractivity contribution in [3.63, 3.8) is 0 Å². The van der Waals surface area contributed by atoms with Crippen LogP contribution in [0.3, 0.4) is 0 Å². The number of phenolic OH excluding ortho intramolecular Hbond substituents is 1. The number of halogens is 2. The molecule has 4 rings (SSSR count). The van der Waals surface area contributed by atoms with Crippen LogP contribution in [0.5, 0.6) is 5.75 Å². The number of nitrogens with one attached hydrogen (secondary N) is 1. The van der Waals surface area contributed by atoms with Crippen LogP contribution in [0.1, 0.15) is 27.0 Å². The van der Waals surface area contributed by atoms with E-state index >= 15 is 0 Å². The second kappa shape index (κ2) is 7.33. The van der Waals surface area contributed by atoms with Gasteiger partial charge in [-0.3, -0.25) is 14.6 Å². The lowest BCUT2D eigenvalue weighted by Crippen LogP contribution is -2.03. The van der Waals surface area contributed by atoms with Crippen molar-refractivity contribution >= 4 is 60.9 Å². The molecular formula is C21H12Br2N2O3. The van der Waals surface area contributed by atoms with E-state index in [1.807, 2.05) is 0 Å². The lowest BCUT2D eigenvalue weighted by Gasteiger charge is -2.05. The Balaban J connectivity index is 1.77. The molecular weight excluding hydrogens is 488 g/mol. The molecule has 3 aromatic rings. The molecule has 2 N–H and O–H groups in total. The number of hydrogen-bond acceptors (Lipinski definition) is 4. The van der Waals surface area contributed by atoms with Gasteiger partial charge in [-0.05, 0) is 86.0 Å². The van der Waals surface area contributed by atoms with Gasteiger partial charge in [0.15, 0.2) is 5.78 Å². The van der Waals surface area contributed by atoms with E-state index in [1.165, 1.54) is 0 Å². The van der Waals surface area contributed by atoms with Crippen molar-refractivity contribution in [2.24, 2.45) is 0 Å². The third kappa shape index (κ3) is 3.39. The lowest BCUT2D eigenvalue weighted by molar-refractivity contribution is -0.110. The highest BCUT2D eigenvalue weighted by Crippen LogP contribution is 2.37. The van der Waals surface area contributed by atoms with E-state index in [4.69, 9.17) is 0 Å². The van der Waals surface area contributed by atoms with Crippen molar-refractivity contribution in [3.8, 4) is 5.75 Å². The molecule has 1 amide bonds. The second-order valence-corrected chi connectivity index (χ2v) is 7.88. The maximum Gasteiger partial charge on any atom is 0.256 e. The molecule has 1 aliphatic rings. The first-order valence-corrected chi connectivity index (χ1v) is 9.83. The normalized spacial score (nSPS) is 14.1. The minimum atomic E-state index is -0.246. The number of carbonyl (C=O) groups is 2. The maximum atomic E-state index is 12.7. The molecule has 28 heavy (non-hydrogen) atoms. The van der Waals surface area contributed by atoms with Crippen molar-refractivity contribution in [1.29, 1.82) is 0 Å². The summed E-state index contributed by atoms with van der Waals surface area (Å²) in [6, 6.07) is 11.9. The number of aromatic hydroxyl groups is 1. The monoisotopic (exact) mass is 498 g/mol. The van der Waals surface area contributed by atoms with Gasteiger partial charge in [0.05, 0.1) is 8.95 Å². The van der Waals surface area contributed by atoms with Crippen LogP contribution in [0.25, 0.3) is 11.6 Å². The highest BCUT2D eigenvalue weighted by molar-refractivity contribution is 9.11. The number of ketones is 1. The molecule has 0 unspecified atom stereocenters. The van der Waals surface area contributed by atoms with Gasteiger partial charge in [0, 0.05) is 40.3 Å². The van der Waals surface area contributed by atoms with E-state index in [2.05, 4.69) is 42.2 Å². The molecule has 0 saturated heterocycles. The summed E-state index contributed by atoms with van der Waals surface area (Å²) in [7, 11) is 0.